The molecule has 1 unspecified atom stereocenters. The average molecular weight is 499 g/mol. The molecule has 192 valence electrons. The van der Waals surface area contributed by atoms with Crippen LogP contribution in [0.4, 0.5) is 0 Å². The minimum absolute atomic E-state index is 0.0366. The standard InChI is InChI=1S/C26H30N2O8/c1-30-21-14-25-24(35-15-36-25)12-17(21)18-10-20(29)16-11-23(34-9-6-28-4-7-33-8-5-28)22(31-2)13-19(16)26(18)27-32-3/h11-14,18H,4-10,15H2,1-3H3. The van der Waals surface area contributed by atoms with Gasteiger partial charge in [0.15, 0.2) is 28.8 Å². The third-order valence-electron chi connectivity index (χ3n) is 6.66. The van der Waals surface area contributed by atoms with Crippen LogP contribution >= 0.6 is 0 Å². The van der Waals surface area contributed by atoms with Crippen molar-refractivity contribution in [1.82, 2.24) is 4.90 Å². The molecule has 3 aliphatic rings. The number of methoxy groups -OCH3 is 2. The summed E-state index contributed by atoms with van der Waals surface area (Å²) in [5.74, 6) is 2.38. The summed E-state index contributed by atoms with van der Waals surface area (Å²) in [6, 6.07) is 7.15. The van der Waals surface area contributed by atoms with Crippen molar-refractivity contribution in [1.29, 1.82) is 0 Å². The first-order valence-corrected chi connectivity index (χ1v) is 11.9. The van der Waals surface area contributed by atoms with Crippen LogP contribution in [-0.2, 0) is 9.57 Å². The van der Waals surface area contributed by atoms with E-state index in [-0.39, 0.29) is 19.0 Å². The summed E-state index contributed by atoms with van der Waals surface area (Å²) < 4.78 is 33.8. The first-order valence-electron chi connectivity index (χ1n) is 11.9. The number of morpholine rings is 1. The van der Waals surface area contributed by atoms with E-state index >= 15 is 0 Å². The van der Waals surface area contributed by atoms with Crippen molar-refractivity contribution in [2.75, 3.05) is 67.6 Å². The van der Waals surface area contributed by atoms with Crippen LogP contribution in [0.1, 0.15) is 33.8 Å². The predicted molar refractivity (Wildman–Crippen MR) is 130 cm³/mol. The number of ketones is 1. The smallest absolute Gasteiger partial charge is 0.231 e. The van der Waals surface area contributed by atoms with Crippen molar-refractivity contribution in [3.63, 3.8) is 0 Å². The number of nitrogens with zero attached hydrogens (tertiary/aromatic N) is 2. The van der Waals surface area contributed by atoms with E-state index in [2.05, 4.69) is 10.1 Å². The molecule has 1 atom stereocenters. The molecule has 36 heavy (non-hydrogen) atoms. The highest BCUT2D eigenvalue weighted by atomic mass is 16.7. The van der Waals surface area contributed by atoms with Gasteiger partial charge in [-0.1, -0.05) is 5.16 Å². The Morgan fingerprint density at radius 3 is 2.39 bits per heavy atom. The lowest BCUT2D eigenvalue weighted by Gasteiger charge is -2.28. The normalized spacial score (nSPS) is 20.2. The summed E-state index contributed by atoms with van der Waals surface area (Å²) >= 11 is 0. The van der Waals surface area contributed by atoms with Gasteiger partial charge in [0.05, 0.1) is 33.1 Å². The third-order valence-corrected chi connectivity index (χ3v) is 6.66. The minimum Gasteiger partial charge on any atom is -0.496 e. The maximum Gasteiger partial charge on any atom is 0.231 e. The molecule has 5 rings (SSSR count). The summed E-state index contributed by atoms with van der Waals surface area (Å²) in [7, 11) is 4.64. The molecule has 0 saturated carbocycles. The SMILES string of the molecule is CON=C1c2cc(OC)c(OCCN3CCOCC3)cc2C(=O)CC1c1cc2c(cc1OC)OCO2. The number of carbonyl (C=O) groups is 1. The van der Waals surface area contributed by atoms with Crippen LogP contribution in [0.3, 0.4) is 0 Å². The topological polar surface area (TPSA) is 97.3 Å². The van der Waals surface area contributed by atoms with E-state index in [1.54, 1.807) is 32.4 Å². The number of benzene rings is 2. The number of rotatable bonds is 8. The zero-order valence-electron chi connectivity index (χ0n) is 20.7. The molecular weight excluding hydrogens is 468 g/mol. The quantitative estimate of drug-likeness (QED) is 0.509. The van der Waals surface area contributed by atoms with E-state index in [1.165, 1.54) is 7.11 Å². The molecule has 1 fully saturated rings. The Morgan fingerprint density at radius 2 is 1.67 bits per heavy atom. The fraction of sp³-hybridized carbons (Fsp3) is 0.462. The van der Waals surface area contributed by atoms with Gasteiger partial charge in [0, 0.05) is 54.7 Å². The summed E-state index contributed by atoms with van der Waals surface area (Å²) in [4.78, 5) is 20.9. The second kappa shape index (κ2) is 10.6. The lowest BCUT2D eigenvalue weighted by molar-refractivity contribution is 0.0321. The van der Waals surface area contributed by atoms with Gasteiger partial charge in [0.2, 0.25) is 6.79 Å². The highest BCUT2D eigenvalue weighted by molar-refractivity contribution is 6.19. The lowest BCUT2D eigenvalue weighted by Crippen LogP contribution is -2.38. The molecule has 0 aromatic heterocycles. The van der Waals surface area contributed by atoms with Crippen molar-refractivity contribution in [2.24, 2.45) is 5.16 Å². The van der Waals surface area contributed by atoms with Gasteiger partial charge < -0.3 is 33.3 Å². The fourth-order valence-electron chi connectivity index (χ4n) is 4.82. The Hall–Kier alpha value is -3.50. The Labute approximate surface area is 209 Å². The maximum atomic E-state index is 13.4. The summed E-state index contributed by atoms with van der Waals surface area (Å²) in [6.45, 7) is 4.59. The van der Waals surface area contributed by atoms with Crippen LogP contribution in [-0.4, -0.2) is 84.0 Å². The number of Topliss-reactive ketones (excluding diaryl/α,β-unsaturated/α-hetero) is 1. The predicted octanol–water partition coefficient (Wildman–Crippen LogP) is 2.86. The molecule has 1 aliphatic carbocycles. The van der Waals surface area contributed by atoms with Crippen LogP contribution in [0.15, 0.2) is 29.4 Å². The largest absolute Gasteiger partial charge is 0.496 e. The van der Waals surface area contributed by atoms with Crippen molar-refractivity contribution in [3.8, 4) is 28.7 Å². The van der Waals surface area contributed by atoms with Gasteiger partial charge in [-0.15, -0.1) is 0 Å². The second-order valence-corrected chi connectivity index (χ2v) is 8.64. The number of ether oxygens (including phenoxy) is 6. The molecule has 0 bridgehead atoms. The minimum atomic E-state index is -0.410. The molecule has 2 aromatic rings. The maximum absolute atomic E-state index is 13.4. The number of hydrogen-bond donors (Lipinski definition) is 0. The highest BCUT2D eigenvalue weighted by Gasteiger charge is 2.37. The lowest BCUT2D eigenvalue weighted by atomic mass is 9.77. The van der Waals surface area contributed by atoms with E-state index in [1.807, 2.05) is 6.07 Å². The van der Waals surface area contributed by atoms with E-state index in [4.69, 9.17) is 33.3 Å². The van der Waals surface area contributed by atoms with Crippen LogP contribution in [0, 0.1) is 0 Å². The van der Waals surface area contributed by atoms with Crippen molar-refractivity contribution in [3.05, 3.63) is 41.0 Å². The molecule has 2 heterocycles. The molecule has 0 N–H and O–H groups in total. The molecule has 1 saturated heterocycles. The molecular formula is C26H30N2O8. The van der Waals surface area contributed by atoms with Gasteiger partial charge in [-0.05, 0) is 18.2 Å². The van der Waals surface area contributed by atoms with Gasteiger partial charge in [0.25, 0.3) is 0 Å². The number of hydrogen-bond acceptors (Lipinski definition) is 10. The van der Waals surface area contributed by atoms with Gasteiger partial charge in [-0.3, -0.25) is 9.69 Å². The van der Waals surface area contributed by atoms with Gasteiger partial charge in [0.1, 0.15) is 19.5 Å². The molecule has 2 aromatic carbocycles. The van der Waals surface area contributed by atoms with E-state index in [0.29, 0.717) is 52.2 Å². The van der Waals surface area contributed by atoms with Crippen molar-refractivity contribution >= 4 is 11.5 Å². The Morgan fingerprint density at radius 1 is 0.944 bits per heavy atom. The Balaban J connectivity index is 1.47. The molecule has 0 amide bonds. The van der Waals surface area contributed by atoms with Crippen LogP contribution in [0.25, 0.3) is 0 Å². The van der Waals surface area contributed by atoms with Gasteiger partial charge >= 0.3 is 0 Å². The monoisotopic (exact) mass is 498 g/mol. The third kappa shape index (κ3) is 4.66. The summed E-state index contributed by atoms with van der Waals surface area (Å²) in [5.41, 5.74) is 2.52. The Bertz CT molecular complexity index is 1160. The summed E-state index contributed by atoms with van der Waals surface area (Å²) in [5, 5.41) is 4.34. The molecule has 2 aliphatic heterocycles. The van der Waals surface area contributed by atoms with Gasteiger partial charge in [-0.25, -0.2) is 0 Å². The molecule has 10 heteroatoms. The van der Waals surface area contributed by atoms with Crippen LogP contribution in [0.2, 0.25) is 0 Å². The van der Waals surface area contributed by atoms with E-state index in [0.717, 1.165) is 38.4 Å². The van der Waals surface area contributed by atoms with E-state index in [9.17, 15) is 4.79 Å². The first-order chi connectivity index (χ1) is 17.6. The van der Waals surface area contributed by atoms with E-state index < -0.39 is 5.92 Å². The highest BCUT2D eigenvalue weighted by Crippen LogP contribution is 2.46. The average Bonchev–Trinajstić information content (AvgIpc) is 3.37. The van der Waals surface area contributed by atoms with Crippen molar-refractivity contribution in [2.45, 2.75) is 12.3 Å². The van der Waals surface area contributed by atoms with Crippen molar-refractivity contribution < 1.29 is 38.1 Å². The summed E-state index contributed by atoms with van der Waals surface area (Å²) in [6.07, 6.45) is 0.185. The second-order valence-electron chi connectivity index (χ2n) is 8.64. The first kappa shape index (κ1) is 24.2. The zero-order valence-corrected chi connectivity index (χ0v) is 20.7. The number of carbonyl (C=O) groups excluding carboxylic acids is 1. The fourth-order valence-corrected chi connectivity index (χ4v) is 4.82. The molecule has 0 spiro atoms. The molecule has 0 radical (unpaired) electrons. The number of oxime groups is 1. The zero-order chi connectivity index (χ0) is 25.1. The van der Waals surface area contributed by atoms with Crippen LogP contribution < -0.4 is 23.7 Å². The Kier molecular flexibility index (Phi) is 7.15. The van der Waals surface area contributed by atoms with Gasteiger partial charge in [-0.2, -0.15) is 0 Å². The van der Waals surface area contributed by atoms with Crippen LogP contribution in [0.5, 0.6) is 28.7 Å². The molecule has 10 nitrogen and oxygen atoms in total. The number of fused-ring (bicyclic) bond motifs is 2.